The molecule has 0 spiro atoms. The molecule has 0 aromatic heterocycles. The zero-order valence-corrected chi connectivity index (χ0v) is 14.5. The second-order valence-electron chi connectivity index (χ2n) is 4.82. The lowest BCUT2D eigenvalue weighted by molar-refractivity contribution is 0.627. The molecule has 0 fully saturated rings. The van der Waals surface area contributed by atoms with Crippen LogP contribution in [0.25, 0.3) is 0 Å². The van der Waals surface area contributed by atoms with Gasteiger partial charge in [-0.2, -0.15) is 0 Å². The first-order valence-electron chi connectivity index (χ1n) is 7.16. The van der Waals surface area contributed by atoms with Crippen molar-refractivity contribution in [2.24, 2.45) is 0 Å². The highest BCUT2D eigenvalue weighted by Crippen LogP contribution is 2.20. The summed E-state index contributed by atoms with van der Waals surface area (Å²) >= 11 is 2.14. The van der Waals surface area contributed by atoms with Crippen LogP contribution in [0.5, 0.6) is 0 Å². The first-order valence-corrected chi connectivity index (χ1v) is 8.24. The van der Waals surface area contributed by atoms with Crippen molar-refractivity contribution >= 4 is 34.0 Å². The molecule has 4 heteroatoms. The summed E-state index contributed by atoms with van der Waals surface area (Å²) in [5, 5.41) is 3.35. The molecular formula is C17H20FIN2. The first kappa shape index (κ1) is 16.1. The topological polar surface area (TPSA) is 15.3 Å². The van der Waals surface area contributed by atoms with Crippen molar-refractivity contribution < 1.29 is 4.39 Å². The van der Waals surface area contributed by atoms with E-state index in [1.54, 1.807) is 6.07 Å². The Morgan fingerprint density at radius 1 is 1.05 bits per heavy atom. The van der Waals surface area contributed by atoms with Gasteiger partial charge in [-0.3, -0.25) is 0 Å². The Kier molecular flexibility index (Phi) is 5.85. The number of nitrogens with one attached hydrogen (secondary N) is 1. The van der Waals surface area contributed by atoms with Gasteiger partial charge in [0.25, 0.3) is 0 Å². The molecule has 0 atom stereocenters. The SMILES string of the molecule is CCN(CC)c1ccc(CNc2ccc(F)cc2I)cc1. The van der Waals surface area contributed by atoms with Gasteiger partial charge in [-0.25, -0.2) is 4.39 Å². The Bertz CT molecular complexity index is 580. The summed E-state index contributed by atoms with van der Waals surface area (Å²) in [6, 6.07) is 13.4. The molecule has 21 heavy (non-hydrogen) atoms. The predicted octanol–water partition coefficient (Wildman–Crippen LogP) is 4.89. The number of hydrogen-bond acceptors (Lipinski definition) is 2. The van der Waals surface area contributed by atoms with E-state index in [4.69, 9.17) is 0 Å². The second-order valence-corrected chi connectivity index (χ2v) is 5.98. The molecular weight excluding hydrogens is 378 g/mol. The van der Waals surface area contributed by atoms with Crippen molar-refractivity contribution in [3.05, 3.63) is 57.4 Å². The van der Waals surface area contributed by atoms with E-state index in [0.717, 1.165) is 28.9 Å². The second kappa shape index (κ2) is 7.64. The lowest BCUT2D eigenvalue weighted by atomic mass is 10.2. The average molecular weight is 398 g/mol. The summed E-state index contributed by atoms with van der Waals surface area (Å²) in [4.78, 5) is 2.32. The Balaban J connectivity index is 2.00. The van der Waals surface area contributed by atoms with Gasteiger partial charge in [-0.15, -0.1) is 0 Å². The number of hydrogen-bond donors (Lipinski definition) is 1. The van der Waals surface area contributed by atoms with E-state index in [1.165, 1.54) is 23.4 Å². The van der Waals surface area contributed by atoms with Crippen LogP contribution in [0.2, 0.25) is 0 Å². The van der Waals surface area contributed by atoms with Gasteiger partial charge in [0.15, 0.2) is 0 Å². The van der Waals surface area contributed by atoms with Gasteiger partial charge in [0.2, 0.25) is 0 Å². The number of halogens is 2. The van der Waals surface area contributed by atoms with Crippen LogP contribution in [0, 0.1) is 9.39 Å². The Hall–Kier alpha value is -1.30. The zero-order chi connectivity index (χ0) is 15.2. The minimum atomic E-state index is -0.200. The van der Waals surface area contributed by atoms with Crippen LogP contribution >= 0.6 is 22.6 Å². The van der Waals surface area contributed by atoms with Crippen LogP contribution in [0.3, 0.4) is 0 Å². The molecule has 0 saturated heterocycles. The van der Waals surface area contributed by atoms with E-state index in [2.05, 4.69) is 70.9 Å². The van der Waals surface area contributed by atoms with E-state index in [-0.39, 0.29) is 5.82 Å². The third-order valence-electron chi connectivity index (χ3n) is 3.48. The molecule has 0 unspecified atom stereocenters. The normalized spacial score (nSPS) is 10.5. The lowest BCUT2D eigenvalue weighted by Crippen LogP contribution is -2.21. The monoisotopic (exact) mass is 398 g/mol. The fraction of sp³-hybridized carbons (Fsp3) is 0.294. The maximum Gasteiger partial charge on any atom is 0.124 e. The number of rotatable bonds is 6. The number of benzene rings is 2. The molecule has 2 rings (SSSR count). The van der Waals surface area contributed by atoms with E-state index in [0.29, 0.717) is 0 Å². The van der Waals surface area contributed by atoms with Gasteiger partial charge >= 0.3 is 0 Å². The summed E-state index contributed by atoms with van der Waals surface area (Å²) in [5.74, 6) is -0.200. The largest absolute Gasteiger partial charge is 0.380 e. The van der Waals surface area contributed by atoms with Gasteiger partial charge in [-0.05, 0) is 72.3 Å². The highest BCUT2D eigenvalue weighted by Gasteiger charge is 2.03. The Morgan fingerprint density at radius 3 is 2.29 bits per heavy atom. The van der Waals surface area contributed by atoms with Crippen LogP contribution in [0.15, 0.2) is 42.5 Å². The molecule has 0 aliphatic rings. The summed E-state index contributed by atoms with van der Waals surface area (Å²) in [6.45, 7) is 7.09. The molecule has 2 aromatic carbocycles. The molecule has 1 N–H and O–H groups in total. The molecule has 0 aliphatic carbocycles. The fourth-order valence-corrected chi connectivity index (χ4v) is 2.91. The standard InChI is InChI=1S/C17H20FIN2/c1-3-21(4-2)15-8-5-13(6-9-15)12-20-17-10-7-14(18)11-16(17)19/h5-11,20H,3-4,12H2,1-2H3. The molecule has 0 aliphatic heterocycles. The van der Waals surface area contributed by atoms with E-state index < -0.39 is 0 Å². The molecule has 0 heterocycles. The smallest absolute Gasteiger partial charge is 0.124 e. The molecule has 2 nitrogen and oxygen atoms in total. The van der Waals surface area contributed by atoms with Crippen molar-refractivity contribution in [1.82, 2.24) is 0 Å². The van der Waals surface area contributed by atoms with E-state index in [1.807, 2.05) is 0 Å². The summed E-state index contributed by atoms with van der Waals surface area (Å²) in [7, 11) is 0. The number of anilines is 2. The van der Waals surface area contributed by atoms with Crippen molar-refractivity contribution in [3.63, 3.8) is 0 Å². The summed E-state index contributed by atoms with van der Waals surface area (Å²) in [5.41, 5.74) is 3.43. The lowest BCUT2D eigenvalue weighted by Gasteiger charge is -2.21. The summed E-state index contributed by atoms with van der Waals surface area (Å²) in [6.07, 6.45) is 0. The van der Waals surface area contributed by atoms with Crippen LogP contribution < -0.4 is 10.2 Å². The van der Waals surface area contributed by atoms with Crippen LogP contribution in [0.4, 0.5) is 15.8 Å². The first-order chi connectivity index (χ1) is 10.1. The summed E-state index contributed by atoms with van der Waals surface area (Å²) < 4.78 is 14.0. The van der Waals surface area contributed by atoms with Crippen LogP contribution in [0.1, 0.15) is 19.4 Å². The van der Waals surface area contributed by atoms with Gasteiger partial charge in [-0.1, -0.05) is 12.1 Å². The third-order valence-corrected chi connectivity index (χ3v) is 4.37. The molecule has 112 valence electrons. The predicted molar refractivity (Wildman–Crippen MR) is 96.4 cm³/mol. The molecule has 0 saturated carbocycles. The van der Waals surface area contributed by atoms with Crippen molar-refractivity contribution in [1.29, 1.82) is 0 Å². The fourth-order valence-electron chi connectivity index (χ4n) is 2.24. The Labute approximate surface area is 139 Å². The number of nitrogens with zero attached hydrogens (tertiary/aromatic N) is 1. The van der Waals surface area contributed by atoms with Crippen molar-refractivity contribution in [2.45, 2.75) is 20.4 Å². The minimum Gasteiger partial charge on any atom is -0.380 e. The minimum absolute atomic E-state index is 0.200. The zero-order valence-electron chi connectivity index (χ0n) is 12.4. The Morgan fingerprint density at radius 2 is 1.71 bits per heavy atom. The van der Waals surface area contributed by atoms with Gasteiger partial charge in [0, 0.05) is 34.6 Å². The molecule has 2 aromatic rings. The van der Waals surface area contributed by atoms with Gasteiger partial charge in [0.05, 0.1) is 0 Å². The quantitative estimate of drug-likeness (QED) is 0.698. The van der Waals surface area contributed by atoms with E-state index >= 15 is 0 Å². The van der Waals surface area contributed by atoms with Gasteiger partial charge in [0.1, 0.15) is 5.82 Å². The highest BCUT2D eigenvalue weighted by atomic mass is 127. The van der Waals surface area contributed by atoms with Crippen LogP contribution in [-0.2, 0) is 6.54 Å². The van der Waals surface area contributed by atoms with Crippen LogP contribution in [-0.4, -0.2) is 13.1 Å². The van der Waals surface area contributed by atoms with Crippen molar-refractivity contribution in [3.8, 4) is 0 Å². The maximum absolute atomic E-state index is 13.1. The average Bonchev–Trinajstić information content (AvgIpc) is 2.49. The van der Waals surface area contributed by atoms with Gasteiger partial charge < -0.3 is 10.2 Å². The van der Waals surface area contributed by atoms with Crippen molar-refractivity contribution in [2.75, 3.05) is 23.3 Å². The molecule has 0 amide bonds. The maximum atomic E-state index is 13.1. The third kappa shape index (κ3) is 4.33. The molecule has 0 bridgehead atoms. The molecule has 0 radical (unpaired) electrons. The highest BCUT2D eigenvalue weighted by molar-refractivity contribution is 14.1. The van der Waals surface area contributed by atoms with E-state index in [9.17, 15) is 4.39 Å².